The number of para-hydroxylation sites is 2. The van der Waals surface area contributed by atoms with Gasteiger partial charge in [-0.2, -0.15) is 0 Å². The van der Waals surface area contributed by atoms with Crippen molar-refractivity contribution < 1.29 is 9.59 Å². The van der Waals surface area contributed by atoms with Crippen LogP contribution in [0, 0.1) is 0 Å². The standard InChI is InChI=1S/C23H20N2O2/c26-22-16-25(21-13-7-6-12-20(21)24-22)23(27)19-11-5-4-10-18(19)15-14-17-8-2-1-3-9-17/h1-13H,14-16H2,(H,24,26). The zero-order valence-corrected chi connectivity index (χ0v) is 14.9. The first-order valence-corrected chi connectivity index (χ1v) is 9.05. The number of carbonyl (C=O) groups excluding carboxylic acids is 2. The Kier molecular flexibility index (Phi) is 4.71. The van der Waals surface area contributed by atoms with Crippen LogP contribution in [0.1, 0.15) is 21.5 Å². The van der Waals surface area contributed by atoms with Gasteiger partial charge in [0.25, 0.3) is 5.91 Å². The second-order valence-corrected chi connectivity index (χ2v) is 6.60. The fraction of sp³-hybridized carbons (Fsp3) is 0.130. The summed E-state index contributed by atoms with van der Waals surface area (Å²) in [5.41, 5.74) is 4.29. The van der Waals surface area contributed by atoms with Gasteiger partial charge in [0.2, 0.25) is 5.91 Å². The van der Waals surface area contributed by atoms with Crippen molar-refractivity contribution in [1.29, 1.82) is 0 Å². The minimum Gasteiger partial charge on any atom is -0.323 e. The van der Waals surface area contributed by atoms with Crippen LogP contribution in [0.5, 0.6) is 0 Å². The predicted molar refractivity (Wildman–Crippen MR) is 107 cm³/mol. The van der Waals surface area contributed by atoms with Gasteiger partial charge in [-0.05, 0) is 42.2 Å². The van der Waals surface area contributed by atoms with Gasteiger partial charge < -0.3 is 5.32 Å². The summed E-state index contributed by atoms with van der Waals surface area (Å²) in [6.45, 7) is 0.0306. The van der Waals surface area contributed by atoms with E-state index >= 15 is 0 Å². The van der Waals surface area contributed by atoms with E-state index in [-0.39, 0.29) is 18.4 Å². The maximum absolute atomic E-state index is 13.3. The van der Waals surface area contributed by atoms with Crippen LogP contribution in [0.3, 0.4) is 0 Å². The lowest BCUT2D eigenvalue weighted by Crippen LogP contribution is -2.42. The maximum Gasteiger partial charge on any atom is 0.259 e. The summed E-state index contributed by atoms with van der Waals surface area (Å²) in [6.07, 6.45) is 1.63. The lowest BCUT2D eigenvalue weighted by molar-refractivity contribution is -0.115. The minimum atomic E-state index is -0.177. The molecule has 2 amide bonds. The molecule has 0 bridgehead atoms. The van der Waals surface area contributed by atoms with Crippen molar-refractivity contribution in [2.45, 2.75) is 12.8 Å². The molecule has 3 aromatic carbocycles. The molecule has 134 valence electrons. The van der Waals surface area contributed by atoms with Crippen LogP contribution in [-0.4, -0.2) is 18.4 Å². The van der Waals surface area contributed by atoms with Crippen molar-refractivity contribution in [3.8, 4) is 0 Å². The number of nitrogens with zero attached hydrogens (tertiary/aromatic N) is 1. The van der Waals surface area contributed by atoms with Gasteiger partial charge in [-0.3, -0.25) is 14.5 Å². The summed E-state index contributed by atoms with van der Waals surface area (Å²) >= 11 is 0. The third kappa shape index (κ3) is 3.60. The van der Waals surface area contributed by atoms with Gasteiger partial charge >= 0.3 is 0 Å². The Morgan fingerprint density at radius 3 is 2.41 bits per heavy atom. The monoisotopic (exact) mass is 356 g/mol. The van der Waals surface area contributed by atoms with Crippen LogP contribution in [0.4, 0.5) is 11.4 Å². The van der Waals surface area contributed by atoms with Crippen LogP contribution in [-0.2, 0) is 17.6 Å². The van der Waals surface area contributed by atoms with Crippen molar-refractivity contribution in [3.63, 3.8) is 0 Å². The fourth-order valence-electron chi connectivity index (χ4n) is 3.43. The topological polar surface area (TPSA) is 49.4 Å². The highest BCUT2D eigenvalue weighted by Crippen LogP contribution is 2.30. The SMILES string of the molecule is O=C1CN(C(=O)c2ccccc2CCc2ccccc2)c2ccccc2N1. The van der Waals surface area contributed by atoms with Crippen molar-refractivity contribution in [2.75, 3.05) is 16.8 Å². The number of benzene rings is 3. The molecule has 4 nitrogen and oxygen atoms in total. The van der Waals surface area contributed by atoms with Gasteiger partial charge in [0.1, 0.15) is 6.54 Å². The fourth-order valence-corrected chi connectivity index (χ4v) is 3.43. The molecule has 0 fully saturated rings. The number of amides is 2. The van der Waals surface area contributed by atoms with E-state index < -0.39 is 0 Å². The van der Waals surface area contributed by atoms with Crippen LogP contribution in [0.25, 0.3) is 0 Å². The van der Waals surface area contributed by atoms with Crippen LogP contribution < -0.4 is 10.2 Å². The lowest BCUT2D eigenvalue weighted by Gasteiger charge is -2.29. The predicted octanol–water partition coefficient (Wildman–Crippen LogP) is 4.07. The summed E-state index contributed by atoms with van der Waals surface area (Å²) in [4.78, 5) is 26.9. The van der Waals surface area contributed by atoms with E-state index in [1.54, 1.807) is 4.90 Å². The van der Waals surface area contributed by atoms with Crippen molar-refractivity contribution in [3.05, 3.63) is 95.6 Å². The van der Waals surface area contributed by atoms with Gasteiger partial charge in [-0.15, -0.1) is 0 Å². The van der Waals surface area contributed by atoms with E-state index in [0.717, 1.165) is 24.1 Å². The summed E-state index contributed by atoms with van der Waals surface area (Å²) in [5.74, 6) is -0.315. The number of hydrogen-bond donors (Lipinski definition) is 1. The second kappa shape index (κ2) is 7.46. The van der Waals surface area contributed by atoms with E-state index in [1.807, 2.05) is 66.7 Å². The average Bonchev–Trinajstić information content (AvgIpc) is 2.72. The zero-order valence-electron chi connectivity index (χ0n) is 14.9. The summed E-state index contributed by atoms with van der Waals surface area (Å²) in [6, 6.07) is 25.3. The lowest BCUT2D eigenvalue weighted by atomic mass is 9.98. The number of nitrogens with one attached hydrogen (secondary N) is 1. The number of carbonyl (C=O) groups is 2. The largest absolute Gasteiger partial charge is 0.323 e. The average molecular weight is 356 g/mol. The molecule has 0 spiro atoms. The van der Waals surface area contributed by atoms with Crippen LogP contribution >= 0.6 is 0 Å². The molecular formula is C23H20N2O2. The normalized spacial score (nSPS) is 13.0. The summed E-state index contributed by atoms with van der Waals surface area (Å²) in [7, 11) is 0. The Bertz CT molecular complexity index is 982. The molecule has 1 aliphatic heterocycles. The van der Waals surface area contributed by atoms with Crippen molar-refractivity contribution in [1.82, 2.24) is 0 Å². The molecule has 0 atom stereocenters. The number of fused-ring (bicyclic) bond motifs is 1. The number of hydrogen-bond acceptors (Lipinski definition) is 2. The van der Waals surface area contributed by atoms with Gasteiger partial charge in [0.15, 0.2) is 0 Å². The zero-order chi connectivity index (χ0) is 18.6. The van der Waals surface area contributed by atoms with Gasteiger partial charge in [0.05, 0.1) is 11.4 Å². The molecule has 1 heterocycles. The van der Waals surface area contributed by atoms with E-state index in [2.05, 4.69) is 17.4 Å². The highest BCUT2D eigenvalue weighted by atomic mass is 16.2. The third-order valence-corrected chi connectivity index (χ3v) is 4.79. The van der Waals surface area contributed by atoms with Crippen molar-refractivity contribution >= 4 is 23.2 Å². The van der Waals surface area contributed by atoms with Crippen LogP contribution in [0.15, 0.2) is 78.9 Å². The molecule has 0 aliphatic carbocycles. The molecule has 0 saturated carbocycles. The molecule has 0 aromatic heterocycles. The third-order valence-electron chi connectivity index (χ3n) is 4.79. The number of rotatable bonds is 4. The minimum absolute atomic E-state index is 0.0306. The molecule has 0 saturated heterocycles. The number of anilines is 2. The Morgan fingerprint density at radius 2 is 1.56 bits per heavy atom. The molecule has 27 heavy (non-hydrogen) atoms. The first-order valence-electron chi connectivity index (χ1n) is 9.05. The van der Waals surface area contributed by atoms with Gasteiger partial charge in [-0.1, -0.05) is 60.7 Å². The van der Waals surface area contributed by atoms with E-state index in [1.165, 1.54) is 5.56 Å². The van der Waals surface area contributed by atoms with Crippen molar-refractivity contribution in [2.24, 2.45) is 0 Å². The van der Waals surface area contributed by atoms with E-state index in [9.17, 15) is 9.59 Å². The Labute approximate surface area is 158 Å². The van der Waals surface area contributed by atoms with E-state index in [4.69, 9.17) is 0 Å². The quantitative estimate of drug-likeness (QED) is 0.766. The maximum atomic E-state index is 13.3. The highest BCUT2D eigenvalue weighted by Gasteiger charge is 2.28. The molecular weight excluding hydrogens is 336 g/mol. The summed E-state index contributed by atoms with van der Waals surface area (Å²) < 4.78 is 0. The van der Waals surface area contributed by atoms with Gasteiger partial charge in [-0.25, -0.2) is 0 Å². The Hall–Kier alpha value is -3.40. The Morgan fingerprint density at radius 1 is 0.852 bits per heavy atom. The smallest absolute Gasteiger partial charge is 0.259 e. The molecule has 1 aliphatic rings. The molecule has 1 N–H and O–H groups in total. The van der Waals surface area contributed by atoms with Crippen LogP contribution in [0.2, 0.25) is 0 Å². The molecule has 4 rings (SSSR count). The molecule has 3 aromatic rings. The highest BCUT2D eigenvalue weighted by molar-refractivity contribution is 6.15. The first-order chi connectivity index (χ1) is 13.2. The second-order valence-electron chi connectivity index (χ2n) is 6.60. The Balaban J connectivity index is 1.62. The first kappa shape index (κ1) is 17.0. The molecule has 0 unspecified atom stereocenters. The number of aryl methyl sites for hydroxylation is 2. The van der Waals surface area contributed by atoms with Gasteiger partial charge in [0, 0.05) is 5.56 Å². The molecule has 0 radical (unpaired) electrons. The van der Waals surface area contributed by atoms with E-state index in [0.29, 0.717) is 11.3 Å². The summed E-state index contributed by atoms with van der Waals surface area (Å²) in [5, 5.41) is 2.82. The molecule has 4 heteroatoms.